The van der Waals surface area contributed by atoms with Crippen LogP contribution in [0, 0.1) is 5.82 Å². The number of amides is 1. The number of anilines is 1. The summed E-state index contributed by atoms with van der Waals surface area (Å²) in [4.78, 5) is 28.5. The first kappa shape index (κ1) is 21.9. The molecular formula is C22H14Cl2F4N2O5. The number of ketones is 1. The van der Waals surface area contributed by atoms with Gasteiger partial charge in [0.15, 0.2) is 17.3 Å². The Hall–Kier alpha value is -3.57. The number of rotatable bonds is 7. The molecule has 0 bridgehead atoms. The number of hydrogen-bond acceptors (Lipinski definition) is 6. The van der Waals surface area contributed by atoms with Crippen molar-refractivity contribution in [1.82, 2.24) is 4.98 Å². The first-order valence-electron chi connectivity index (χ1n) is 10.8. The molecule has 1 aromatic heterocycles. The number of ether oxygens (including phenoxy) is 3. The van der Waals surface area contributed by atoms with Crippen LogP contribution in [0.1, 0.15) is 31.9 Å². The Morgan fingerprint density at radius 2 is 1.80 bits per heavy atom. The minimum atomic E-state index is -5.30. The van der Waals surface area contributed by atoms with Crippen molar-refractivity contribution >= 4 is 40.6 Å². The number of hydrogen-bond donors (Lipinski definition) is 1. The Bertz CT molecular complexity index is 1400. The van der Waals surface area contributed by atoms with E-state index in [1.165, 1.54) is 31.3 Å². The lowest BCUT2D eigenvalue weighted by molar-refractivity contribution is -0.275. The molecule has 0 saturated carbocycles. The summed E-state index contributed by atoms with van der Waals surface area (Å²) in [6.45, 7) is 1.26. The van der Waals surface area contributed by atoms with Crippen molar-refractivity contribution in [2.75, 3.05) is 12.4 Å². The number of pyridine rings is 1. The van der Waals surface area contributed by atoms with Gasteiger partial charge in [0.25, 0.3) is 5.91 Å². The highest BCUT2D eigenvalue weighted by atomic mass is 35.5. The molecule has 0 radical (unpaired) electrons. The highest BCUT2D eigenvalue weighted by Crippen LogP contribution is 2.42. The van der Waals surface area contributed by atoms with Crippen molar-refractivity contribution < 1.29 is 45.5 Å². The zero-order valence-electron chi connectivity index (χ0n) is 20.3. The first-order valence-corrected chi connectivity index (χ1v) is 10.0. The number of nitrogens with zero attached hydrogens (tertiary/aromatic N) is 1. The van der Waals surface area contributed by atoms with Crippen molar-refractivity contribution in [3.63, 3.8) is 0 Å². The Kier molecular flexibility index (Phi) is 6.49. The minimum Gasteiger partial charge on any atom is -0.490 e. The van der Waals surface area contributed by atoms with Gasteiger partial charge in [-0.3, -0.25) is 14.6 Å². The first-order chi connectivity index (χ1) is 17.5. The van der Waals surface area contributed by atoms with Crippen LogP contribution < -0.4 is 19.5 Å². The highest BCUT2D eigenvalue weighted by Gasteiger charge is 2.34. The molecule has 184 valence electrons. The predicted octanol–water partition coefficient (Wildman–Crippen LogP) is 6.68. The number of carbonyl (C=O) groups is 2. The predicted molar refractivity (Wildman–Crippen MR) is 118 cm³/mol. The lowest BCUT2D eigenvalue weighted by Crippen LogP contribution is -2.18. The number of methoxy groups -OCH3 is 1. The molecule has 0 fully saturated rings. The molecule has 0 atom stereocenters. The van der Waals surface area contributed by atoms with Crippen LogP contribution in [0.25, 0.3) is 0 Å². The van der Waals surface area contributed by atoms with Crippen molar-refractivity contribution in [3.8, 4) is 23.0 Å². The Morgan fingerprint density at radius 1 is 1.09 bits per heavy atom. The van der Waals surface area contributed by atoms with Gasteiger partial charge >= 0.3 is 6.36 Å². The van der Waals surface area contributed by atoms with Gasteiger partial charge in [-0.25, -0.2) is 0 Å². The summed E-state index contributed by atoms with van der Waals surface area (Å²) in [7, 11) is -3.32. The summed E-state index contributed by atoms with van der Waals surface area (Å²) in [5.41, 5.74) is -0.198. The van der Waals surface area contributed by atoms with Gasteiger partial charge in [0, 0.05) is 29.9 Å². The smallest absolute Gasteiger partial charge is 0.490 e. The fraction of sp³-hybridized carbons (Fsp3) is 0.136. The minimum absolute atomic E-state index is 0.0459. The van der Waals surface area contributed by atoms with Gasteiger partial charge in [-0.2, -0.15) is 4.39 Å². The quantitative estimate of drug-likeness (QED) is 0.268. The number of nitrogens with one attached hydrogen (secondary N) is 1. The number of benzene rings is 2. The third-order valence-corrected chi connectivity index (χ3v) is 4.71. The summed E-state index contributed by atoms with van der Waals surface area (Å²) in [5, 5.41) is 2.13. The molecule has 1 amide bonds. The average molecular weight is 536 g/mol. The normalized spacial score (nSPS) is 12.7. The van der Waals surface area contributed by atoms with Crippen molar-refractivity contribution in [1.29, 1.82) is 0 Å². The zero-order valence-corrected chi connectivity index (χ0v) is 18.8. The molecule has 0 spiro atoms. The number of halogens is 6. The second-order valence-electron chi connectivity index (χ2n) is 6.66. The summed E-state index contributed by atoms with van der Waals surface area (Å²) in [5.74, 6) is -6.98. The van der Waals surface area contributed by atoms with Crippen molar-refractivity contribution in [2.45, 2.75) is 13.3 Å². The van der Waals surface area contributed by atoms with E-state index >= 15 is 0 Å². The van der Waals surface area contributed by atoms with Gasteiger partial charge in [-0.1, -0.05) is 23.2 Å². The molecule has 35 heavy (non-hydrogen) atoms. The Labute approximate surface area is 209 Å². The second kappa shape index (κ2) is 10.4. The molecular weight excluding hydrogens is 519 g/mol. The van der Waals surface area contributed by atoms with E-state index in [0.717, 1.165) is 12.1 Å². The maximum absolute atomic E-state index is 14.9. The highest BCUT2D eigenvalue weighted by molar-refractivity contribution is 6.37. The van der Waals surface area contributed by atoms with E-state index in [9.17, 15) is 27.2 Å². The monoisotopic (exact) mass is 535 g/mol. The molecule has 2 aromatic carbocycles. The Morgan fingerprint density at radius 3 is 2.46 bits per heavy atom. The Balaban J connectivity index is 2.06. The lowest BCUT2D eigenvalue weighted by Gasteiger charge is -2.17. The van der Waals surface area contributed by atoms with Gasteiger partial charge in [-0.15, -0.1) is 13.2 Å². The molecule has 3 aromatic rings. The standard InChI is InChI=1S/C22H14Cl2F4N2O5/c1-10(31)14-9-12(5-6-29-14)30-21(32)18-13(24)7-11(23)8-17(18)34-16-4-3-15(35-22(26,27)28)19(25)20(16)33-2/h3-9H,1-2H3,(H,29,30,32)/i2D3. The lowest BCUT2D eigenvalue weighted by atomic mass is 10.1. The van der Waals surface area contributed by atoms with E-state index < -0.39 is 48.1 Å². The van der Waals surface area contributed by atoms with Gasteiger partial charge < -0.3 is 19.5 Å². The van der Waals surface area contributed by atoms with Crippen molar-refractivity contribution in [3.05, 3.63) is 69.7 Å². The molecule has 3 rings (SSSR count). The third kappa shape index (κ3) is 6.31. The molecule has 7 nitrogen and oxygen atoms in total. The van der Waals surface area contributed by atoms with Crippen LogP contribution in [0.3, 0.4) is 0 Å². The number of carbonyl (C=O) groups excluding carboxylic acids is 2. The molecule has 1 heterocycles. The van der Waals surface area contributed by atoms with Crippen LogP contribution in [0.5, 0.6) is 23.0 Å². The molecule has 13 heteroatoms. The van der Waals surface area contributed by atoms with Gasteiger partial charge in [-0.05, 0) is 30.3 Å². The molecule has 0 aliphatic carbocycles. The fourth-order valence-electron chi connectivity index (χ4n) is 2.76. The van der Waals surface area contributed by atoms with E-state index in [1.807, 2.05) is 0 Å². The molecule has 0 aliphatic rings. The van der Waals surface area contributed by atoms with Gasteiger partial charge in [0.1, 0.15) is 17.0 Å². The van der Waals surface area contributed by atoms with Crippen LogP contribution >= 0.6 is 23.2 Å². The molecule has 0 saturated heterocycles. The summed E-state index contributed by atoms with van der Waals surface area (Å²) >= 11 is 12.2. The molecule has 0 aliphatic heterocycles. The van der Waals surface area contributed by atoms with E-state index in [-0.39, 0.29) is 32.8 Å². The maximum Gasteiger partial charge on any atom is 0.573 e. The average Bonchev–Trinajstić information content (AvgIpc) is 2.76. The zero-order chi connectivity index (χ0) is 28.4. The van der Waals surface area contributed by atoms with E-state index in [2.05, 4.69) is 19.8 Å². The maximum atomic E-state index is 14.9. The molecule has 0 unspecified atom stereocenters. The topological polar surface area (TPSA) is 86.8 Å². The van der Waals surface area contributed by atoms with Crippen LogP contribution in [-0.2, 0) is 0 Å². The molecule has 1 N–H and O–H groups in total. The van der Waals surface area contributed by atoms with Crippen LogP contribution in [0.4, 0.5) is 23.2 Å². The summed E-state index contributed by atoms with van der Waals surface area (Å²) < 4.78 is 88.1. The number of aromatic nitrogens is 1. The van der Waals surface area contributed by atoms with Crippen LogP contribution in [0.2, 0.25) is 10.0 Å². The van der Waals surface area contributed by atoms with E-state index in [4.69, 9.17) is 32.1 Å². The fourth-order valence-corrected chi connectivity index (χ4v) is 3.32. The van der Waals surface area contributed by atoms with Gasteiger partial charge in [0.05, 0.1) is 16.2 Å². The van der Waals surface area contributed by atoms with Crippen molar-refractivity contribution in [2.24, 2.45) is 0 Å². The van der Waals surface area contributed by atoms with Crippen LogP contribution in [0.15, 0.2) is 42.6 Å². The SMILES string of the molecule is [2H]C([2H])([2H])Oc1c(Oc2cc(Cl)cc(Cl)c2C(=O)Nc2ccnc(C(C)=O)c2)ccc(OC(F)(F)F)c1F. The van der Waals surface area contributed by atoms with E-state index in [0.29, 0.717) is 6.07 Å². The number of alkyl halides is 3. The van der Waals surface area contributed by atoms with Crippen LogP contribution in [-0.4, -0.2) is 30.1 Å². The number of Topliss-reactive ketones (excluding diaryl/α,β-unsaturated/α-hetero) is 1. The largest absolute Gasteiger partial charge is 0.573 e. The van der Waals surface area contributed by atoms with Gasteiger partial charge in [0.2, 0.25) is 11.6 Å². The summed E-state index contributed by atoms with van der Waals surface area (Å²) in [6.07, 6.45) is -4.04. The third-order valence-electron chi connectivity index (χ3n) is 4.20. The summed E-state index contributed by atoms with van der Waals surface area (Å²) in [6, 6.07) is 6.11. The second-order valence-corrected chi connectivity index (χ2v) is 7.50. The van der Waals surface area contributed by atoms with E-state index in [1.54, 1.807) is 0 Å².